The zero-order chi connectivity index (χ0) is 16.0. The Morgan fingerprint density at radius 3 is 2.52 bits per heavy atom. The number of benzene rings is 2. The number of ether oxygens (including phenoxy) is 3. The average Bonchev–Trinajstić information content (AvgIpc) is 3.15. The maximum absolute atomic E-state index is 12.8. The molecule has 5 nitrogen and oxygen atoms in total. The van der Waals surface area contributed by atoms with Crippen LogP contribution in [-0.2, 0) is 9.53 Å². The van der Waals surface area contributed by atoms with Gasteiger partial charge in [0.2, 0.25) is 6.79 Å². The zero-order valence-corrected chi connectivity index (χ0v) is 12.4. The molecule has 0 radical (unpaired) electrons. The Labute approximate surface area is 132 Å². The number of rotatable bonds is 2. The molecule has 0 saturated carbocycles. The average molecular weight is 310 g/mol. The summed E-state index contributed by atoms with van der Waals surface area (Å²) in [5.74, 6) is -0.876. The molecule has 0 spiro atoms. The first-order valence-corrected chi connectivity index (χ1v) is 7.31. The minimum absolute atomic E-state index is 0.142. The summed E-state index contributed by atoms with van der Waals surface area (Å²) in [4.78, 5) is 25.0. The summed E-state index contributed by atoms with van der Waals surface area (Å²) in [5.41, 5.74) is 2.17. The van der Waals surface area contributed by atoms with E-state index in [1.165, 1.54) is 7.11 Å². The fraction of sp³-hybridized carbons (Fsp3) is 0.222. The number of methoxy groups -OCH3 is 1. The van der Waals surface area contributed by atoms with Crippen molar-refractivity contribution in [1.82, 2.24) is 0 Å². The molecule has 116 valence electrons. The molecule has 1 heterocycles. The first-order chi connectivity index (χ1) is 11.2. The monoisotopic (exact) mass is 310 g/mol. The van der Waals surface area contributed by atoms with Crippen LogP contribution in [0.15, 0.2) is 42.5 Å². The van der Waals surface area contributed by atoms with Gasteiger partial charge in [0.25, 0.3) is 0 Å². The smallest absolute Gasteiger partial charge is 0.317 e. The highest BCUT2D eigenvalue weighted by atomic mass is 16.7. The van der Waals surface area contributed by atoms with Gasteiger partial charge in [-0.2, -0.15) is 0 Å². The normalized spacial score (nSPS) is 21.2. The van der Waals surface area contributed by atoms with Crippen LogP contribution < -0.4 is 9.47 Å². The molecule has 2 aromatic carbocycles. The van der Waals surface area contributed by atoms with E-state index in [2.05, 4.69) is 0 Å². The van der Waals surface area contributed by atoms with Crippen LogP contribution in [0.3, 0.4) is 0 Å². The number of carbonyl (C=O) groups excluding carboxylic acids is 2. The van der Waals surface area contributed by atoms with E-state index in [1.807, 2.05) is 30.3 Å². The number of fused-ring (bicyclic) bond motifs is 2. The number of ketones is 1. The third-order valence-electron chi connectivity index (χ3n) is 4.37. The van der Waals surface area contributed by atoms with Gasteiger partial charge < -0.3 is 14.2 Å². The van der Waals surface area contributed by atoms with E-state index in [4.69, 9.17) is 14.2 Å². The Morgan fingerprint density at radius 1 is 1.13 bits per heavy atom. The Morgan fingerprint density at radius 2 is 1.83 bits per heavy atom. The summed E-state index contributed by atoms with van der Waals surface area (Å²) in [5, 5.41) is 0. The molecule has 2 aromatic rings. The van der Waals surface area contributed by atoms with Crippen molar-refractivity contribution >= 4 is 11.8 Å². The molecule has 1 aliphatic heterocycles. The number of hydrogen-bond acceptors (Lipinski definition) is 5. The second kappa shape index (κ2) is 5.12. The van der Waals surface area contributed by atoms with Gasteiger partial charge in [0.05, 0.1) is 7.11 Å². The van der Waals surface area contributed by atoms with Crippen LogP contribution in [0.4, 0.5) is 0 Å². The highest BCUT2D eigenvalue weighted by Gasteiger charge is 2.46. The fourth-order valence-electron chi connectivity index (χ4n) is 3.33. The SMILES string of the molecule is COC(=O)[C@@H]1C(=O)c2cc3c(cc2[C@H]1c1ccccc1)OCO3. The maximum Gasteiger partial charge on any atom is 0.317 e. The van der Waals surface area contributed by atoms with Crippen molar-refractivity contribution in [3.63, 3.8) is 0 Å². The number of Topliss-reactive ketones (excluding diaryl/α,β-unsaturated/α-hetero) is 1. The molecule has 5 heteroatoms. The highest BCUT2D eigenvalue weighted by molar-refractivity contribution is 6.14. The van der Waals surface area contributed by atoms with E-state index < -0.39 is 11.9 Å². The van der Waals surface area contributed by atoms with Crippen molar-refractivity contribution in [2.75, 3.05) is 13.9 Å². The lowest BCUT2D eigenvalue weighted by molar-refractivity contribution is -0.143. The van der Waals surface area contributed by atoms with Crippen molar-refractivity contribution < 1.29 is 23.8 Å². The predicted octanol–water partition coefficient (Wildman–Crippen LogP) is 2.53. The summed E-state index contributed by atoms with van der Waals surface area (Å²) in [6, 6.07) is 13.0. The van der Waals surface area contributed by atoms with E-state index >= 15 is 0 Å². The molecule has 0 saturated heterocycles. The molecular formula is C18H14O5. The molecule has 1 aliphatic carbocycles. The van der Waals surface area contributed by atoms with Crippen LogP contribution >= 0.6 is 0 Å². The van der Waals surface area contributed by atoms with Crippen LogP contribution in [0, 0.1) is 5.92 Å². The number of hydrogen-bond donors (Lipinski definition) is 0. The largest absolute Gasteiger partial charge is 0.468 e. The Hall–Kier alpha value is -2.82. The lowest BCUT2D eigenvalue weighted by Crippen LogP contribution is -2.26. The van der Waals surface area contributed by atoms with E-state index in [0.717, 1.165) is 11.1 Å². The lowest BCUT2D eigenvalue weighted by Gasteiger charge is -2.18. The third kappa shape index (κ3) is 2.00. The molecule has 2 atom stereocenters. The van der Waals surface area contributed by atoms with Crippen LogP contribution in [0.25, 0.3) is 0 Å². The van der Waals surface area contributed by atoms with Gasteiger partial charge in [-0.1, -0.05) is 30.3 Å². The molecule has 0 fully saturated rings. The minimum Gasteiger partial charge on any atom is -0.468 e. The topological polar surface area (TPSA) is 61.8 Å². The molecule has 0 unspecified atom stereocenters. The molecule has 0 amide bonds. The molecule has 2 aliphatic rings. The van der Waals surface area contributed by atoms with Crippen LogP contribution in [0.5, 0.6) is 11.5 Å². The molecular weight excluding hydrogens is 296 g/mol. The van der Waals surface area contributed by atoms with Crippen molar-refractivity contribution in [3.05, 3.63) is 59.2 Å². The molecule has 23 heavy (non-hydrogen) atoms. The summed E-state index contributed by atoms with van der Waals surface area (Å²) in [6.45, 7) is 0.142. The molecule has 0 N–H and O–H groups in total. The van der Waals surface area contributed by atoms with Crippen molar-refractivity contribution in [1.29, 1.82) is 0 Å². The molecule has 4 rings (SSSR count). The Bertz CT molecular complexity index is 797. The third-order valence-corrected chi connectivity index (χ3v) is 4.37. The maximum atomic E-state index is 12.8. The first-order valence-electron chi connectivity index (χ1n) is 7.31. The van der Waals surface area contributed by atoms with Gasteiger partial charge in [0.1, 0.15) is 5.92 Å². The van der Waals surface area contributed by atoms with Crippen molar-refractivity contribution in [2.45, 2.75) is 5.92 Å². The standard InChI is InChI=1S/C18H14O5/c1-21-18(20)16-15(10-5-3-2-4-6-10)11-7-13-14(23-9-22-13)8-12(11)17(16)19/h2-8,15-16H,9H2,1H3/t15-,16+/m1/s1. The van der Waals surface area contributed by atoms with E-state index in [-0.39, 0.29) is 18.5 Å². The second-order valence-electron chi connectivity index (χ2n) is 5.55. The van der Waals surface area contributed by atoms with Crippen LogP contribution in [0.2, 0.25) is 0 Å². The van der Waals surface area contributed by atoms with E-state index in [1.54, 1.807) is 12.1 Å². The summed E-state index contributed by atoms with van der Waals surface area (Å²) >= 11 is 0. The Balaban J connectivity index is 1.91. The quantitative estimate of drug-likeness (QED) is 0.630. The Kier molecular flexibility index (Phi) is 3.08. The van der Waals surface area contributed by atoms with Crippen molar-refractivity contribution in [2.24, 2.45) is 5.92 Å². The molecule has 0 aromatic heterocycles. The summed E-state index contributed by atoms with van der Waals surface area (Å²) in [7, 11) is 1.30. The summed E-state index contributed by atoms with van der Waals surface area (Å²) < 4.78 is 15.6. The number of carbonyl (C=O) groups is 2. The van der Waals surface area contributed by atoms with Gasteiger partial charge in [-0.3, -0.25) is 9.59 Å². The first kappa shape index (κ1) is 13.8. The highest BCUT2D eigenvalue weighted by Crippen LogP contribution is 2.47. The van der Waals surface area contributed by atoms with E-state index in [9.17, 15) is 9.59 Å². The van der Waals surface area contributed by atoms with E-state index in [0.29, 0.717) is 17.1 Å². The van der Waals surface area contributed by atoms with Gasteiger partial charge in [0, 0.05) is 11.5 Å². The fourth-order valence-corrected chi connectivity index (χ4v) is 3.33. The molecule has 0 bridgehead atoms. The van der Waals surface area contributed by atoms with Crippen molar-refractivity contribution in [3.8, 4) is 11.5 Å². The summed E-state index contributed by atoms with van der Waals surface area (Å²) in [6.07, 6.45) is 0. The van der Waals surface area contributed by atoms with Gasteiger partial charge >= 0.3 is 5.97 Å². The zero-order valence-electron chi connectivity index (χ0n) is 12.4. The van der Waals surface area contributed by atoms with Gasteiger partial charge in [0.15, 0.2) is 17.3 Å². The van der Waals surface area contributed by atoms with Gasteiger partial charge in [-0.25, -0.2) is 0 Å². The predicted molar refractivity (Wildman–Crippen MR) is 80.7 cm³/mol. The van der Waals surface area contributed by atoms with Gasteiger partial charge in [-0.05, 0) is 23.3 Å². The van der Waals surface area contributed by atoms with Gasteiger partial charge in [-0.15, -0.1) is 0 Å². The second-order valence-corrected chi connectivity index (χ2v) is 5.55. The van der Waals surface area contributed by atoms with Crippen LogP contribution in [0.1, 0.15) is 27.4 Å². The minimum atomic E-state index is -0.875. The van der Waals surface area contributed by atoms with Crippen LogP contribution in [-0.4, -0.2) is 25.7 Å². The lowest BCUT2D eigenvalue weighted by atomic mass is 9.85. The number of esters is 1.